The number of ether oxygens (including phenoxy) is 2. The molecule has 0 aliphatic carbocycles. The Morgan fingerprint density at radius 2 is 1.91 bits per heavy atom. The van der Waals surface area contributed by atoms with E-state index < -0.39 is 0 Å². The van der Waals surface area contributed by atoms with Crippen molar-refractivity contribution in [2.75, 3.05) is 13.2 Å². The van der Waals surface area contributed by atoms with Crippen LogP contribution in [0.2, 0.25) is 0 Å². The van der Waals surface area contributed by atoms with Crippen LogP contribution in [0.15, 0.2) is 49.2 Å². The molecule has 23 heavy (non-hydrogen) atoms. The van der Waals surface area contributed by atoms with E-state index in [0.29, 0.717) is 13.2 Å². The lowest BCUT2D eigenvalue weighted by molar-refractivity contribution is 0.171. The van der Waals surface area contributed by atoms with Crippen LogP contribution < -0.4 is 9.47 Å². The van der Waals surface area contributed by atoms with Crippen LogP contribution in [0.3, 0.4) is 0 Å². The summed E-state index contributed by atoms with van der Waals surface area (Å²) in [6, 6.07) is 7.87. The topological polar surface area (TPSA) is 62.1 Å². The molecular formula is C17H16N4O2. The number of hydrogen-bond acceptors (Lipinski definition) is 5. The Morgan fingerprint density at radius 1 is 1.04 bits per heavy atom. The zero-order valence-corrected chi connectivity index (χ0v) is 12.7. The normalized spacial score (nSPS) is 14.5. The van der Waals surface area contributed by atoms with Gasteiger partial charge in [-0.2, -0.15) is 0 Å². The summed E-state index contributed by atoms with van der Waals surface area (Å²) in [6.07, 6.45) is 7.06. The molecule has 3 heterocycles. The van der Waals surface area contributed by atoms with E-state index in [1.165, 1.54) is 0 Å². The van der Waals surface area contributed by atoms with Gasteiger partial charge in [-0.25, -0.2) is 15.0 Å². The van der Waals surface area contributed by atoms with Crippen LogP contribution in [0, 0.1) is 0 Å². The Kier molecular flexibility index (Phi) is 3.42. The number of imidazole rings is 1. The van der Waals surface area contributed by atoms with E-state index in [1.54, 1.807) is 18.7 Å². The standard InChI is InChI=1S/C17H16N4O2/c1-12(14-4-5-18-11-20-14)21-7-6-19-17(21)13-2-3-15-16(10-13)23-9-8-22-15/h2-7,10-12H,8-9H2,1H3/t12-/m0/s1. The maximum Gasteiger partial charge on any atom is 0.162 e. The molecule has 6 heteroatoms. The van der Waals surface area contributed by atoms with Gasteiger partial charge in [0, 0.05) is 24.2 Å². The highest BCUT2D eigenvalue weighted by Gasteiger charge is 2.17. The molecule has 6 nitrogen and oxygen atoms in total. The van der Waals surface area contributed by atoms with Gasteiger partial charge in [0.15, 0.2) is 11.5 Å². The molecule has 0 saturated carbocycles. The van der Waals surface area contributed by atoms with Gasteiger partial charge in [-0.15, -0.1) is 0 Å². The van der Waals surface area contributed by atoms with Crippen molar-refractivity contribution < 1.29 is 9.47 Å². The third kappa shape index (κ3) is 2.52. The SMILES string of the molecule is C[C@@H](c1ccncn1)n1ccnc1-c1ccc2c(c1)OCCO2. The molecule has 1 aliphatic heterocycles. The molecule has 0 fully saturated rings. The second-order valence-electron chi connectivity index (χ2n) is 5.33. The summed E-state index contributed by atoms with van der Waals surface area (Å²) in [5, 5.41) is 0. The van der Waals surface area contributed by atoms with E-state index in [-0.39, 0.29) is 6.04 Å². The third-order valence-electron chi connectivity index (χ3n) is 3.92. The summed E-state index contributed by atoms with van der Waals surface area (Å²) in [6.45, 7) is 3.25. The minimum Gasteiger partial charge on any atom is -0.486 e. The maximum absolute atomic E-state index is 5.66. The highest BCUT2D eigenvalue weighted by Crippen LogP contribution is 2.35. The van der Waals surface area contributed by atoms with Crippen LogP contribution >= 0.6 is 0 Å². The maximum atomic E-state index is 5.66. The molecule has 0 unspecified atom stereocenters. The van der Waals surface area contributed by atoms with E-state index in [1.807, 2.05) is 30.5 Å². The molecule has 3 aromatic rings. The van der Waals surface area contributed by atoms with Gasteiger partial charge in [0.2, 0.25) is 0 Å². The van der Waals surface area contributed by atoms with Crippen LogP contribution in [-0.2, 0) is 0 Å². The second-order valence-corrected chi connectivity index (χ2v) is 5.33. The molecule has 0 N–H and O–H groups in total. The van der Waals surface area contributed by atoms with Crippen molar-refractivity contribution in [1.82, 2.24) is 19.5 Å². The largest absolute Gasteiger partial charge is 0.486 e. The van der Waals surface area contributed by atoms with E-state index in [2.05, 4.69) is 26.4 Å². The number of nitrogens with zero attached hydrogens (tertiary/aromatic N) is 4. The molecular weight excluding hydrogens is 292 g/mol. The third-order valence-corrected chi connectivity index (χ3v) is 3.92. The summed E-state index contributed by atoms with van der Waals surface area (Å²) >= 11 is 0. The average molecular weight is 308 g/mol. The van der Waals surface area contributed by atoms with Crippen molar-refractivity contribution in [3.8, 4) is 22.9 Å². The van der Waals surface area contributed by atoms with E-state index in [4.69, 9.17) is 9.47 Å². The minimum atomic E-state index is 0.0590. The van der Waals surface area contributed by atoms with Gasteiger partial charge >= 0.3 is 0 Å². The Balaban J connectivity index is 1.72. The minimum absolute atomic E-state index is 0.0590. The lowest BCUT2D eigenvalue weighted by Crippen LogP contribution is -2.15. The van der Waals surface area contributed by atoms with Gasteiger partial charge in [0.05, 0.1) is 11.7 Å². The van der Waals surface area contributed by atoms with Gasteiger partial charge < -0.3 is 14.0 Å². The predicted octanol–water partition coefficient (Wildman–Crippen LogP) is 2.72. The summed E-state index contributed by atoms with van der Waals surface area (Å²) in [5.74, 6) is 2.41. The number of hydrogen-bond donors (Lipinski definition) is 0. The second kappa shape index (κ2) is 5.72. The first kappa shape index (κ1) is 13.8. The predicted molar refractivity (Wildman–Crippen MR) is 84.5 cm³/mol. The van der Waals surface area contributed by atoms with Crippen LogP contribution in [0.25, 0.3) is 11.4 Å². The number of rotatable bonds is 3. The molecule has 0 amide bonds. The van der Waals surface area contributed by atoms with Crippen molar-refractivity contribution in [1.29, 1.82) is 0 Å². The van der Waals surface area contributed by atoms with Crippen molar-refractivity contribution in [3.05, 3.63) is 54.9 Å². The van der Waals surface area contributed by atoms with Crippen molar-refractivity contribution in [3.63, 3.8) is 0 Å². The van der Waals surface area contributed by atoms with E-state index >= 15 is 0 Å². The Morgan fingerprint density at radius 3 is 2.74 bits per heavy atom. The summed E-state index contributed by atoms with van der Waals surface area (Å²) < 4.78 is 13.3. The summed E-state index contributed by atoms with van der Waals surface area (Å²) in [4.78, 5) is 12.8. The summed E-state index contributed by atoms with van der Waals surface area (Å²) in [7, 11) is 0. The Labute approximate surface area is 133 Å². The quantitative estimate of drug-likeness (QED) is 0.744. The average Bonchev–Trinajstić information content (AvgIpc) is 3.11. The Bertz CT molecular complexity index is 816. The molecule has 1 aliphatic rings. The highest BCUT2D eigenvalue weighted by atomic mass is 16.6. The van der Waals surface area contributed by atoms with E-state index in [0.717, 1.165) is 28.6 Å². The molecule has 4 rings (SSSR count). The summed E-state index contributed by atoms with van der Waals surface area (Å²) in [5.41, 5.74) is 1.93. The van der Waals surface area contributed by atoms with Gasteiger partial charge in [-0.3, -0.25) is 0 Å². The number of fused-ring (bicyclic) bond motifs is 1. The monoisotopic (exact) mass is 308 g/mol. The molecule has 116 valence electrons. The highest BCUT2D eigenvalue weighted by molar-refractivity contribution is 5.62. The van der Waals surface area contributed by atoms with E-state index in [9.17, 15) is 0 Å². The lowest BCUT2D eigenvalue weighted by atomic mass is 10.1. The molecule has 0 bridgehead atoms. The first-order valence-corrected chi connectivity index (χ1v) is 7.52. The molecule has 1 atom stereocenters. The number of aromatic nitrogens is 4. The molecule has 0 radical (unpaired) electrons. The van der Waals surface area contributed by atoms with Gasteiger partial charge in [-0.1, -0.05) is 0 Å². The lowest BCUT2D eigenvalue weighted by Gasteiger charge is -2.20. The first-order valence-electron chi connectivity index (χ1n) is 7.52. The number of benzene rings is 1. The zero-order valence-electron chi connectivity index (χ0n) is 12.7. The van der Waals surface area contributed by atoms with Gasteiger partial charge in [0.25, 0.3) is 0 Å². The van der Waals surface area contributed by atoms with Crippen LogP contribution in [0.1, 0.15) is 18.7 Å². The van der Waals surface area contributed by atoms with Crippen LogP contribution in [0.4, 0.5) is 0 Å². The van der Waals surface area contributed by atoms with Crippen molar-refractivity contribution in [2.24, 2.45) is 0 Å². The Hall–Kier alpha value is -2.89. The first-order chi connectivity index (χ1) is 11.3. The molecule has 2 aromatic heterocycles. The molecule has 0 saturated heterocycles. The van der Waals surface area contributed by atoms with Gasteiger partial charge in [0.1, 0.15) is 25.4 Å². The van der Waals surface area contributed by atoms with Crippen molar-refractivity contribution >= 4 is 0 Å². The van der Waals surface area contributed by atoms with Crippen LogP contribution in [-0.4, -0.2) is 32.7 Å². The van der Waals surface area contributed by atoms with Crippen molar-refractivity contribution in [2.45, 2.75) is 13.0 Å². The molecule has 1 aromatic carbocycles. The fraction of sp³-hybridized carbons (Fsp3) is 0.235. The van der Waals surface area contributed by atoms with Crippen LogP contribution in [0.5, 0.6) is 11.5 Å². The zero-order chi connectivity index (χ0) is 15.6. The fourth-order valence-electron chi connectivity index (χ4n) is 2.72. The molecule has 0 spiro atoms. The fourth-order valence-corrected chi connectivity index (χ4v) is 2.72. The smallest absolute Gasteiger partial charge is 0.162 e. The van der Waals surface area contributed by atoms with Gasteiger partial charge in [-0.05, 0) is 31.2 Å².